The number of ether oxygens (including phenoxy) is 2. The molecule has 0 unspecified atom stereocenters. The van der Waals surface area contributed by atoms with Gasteiger partial charge in [0.2, 0.25) is 0 Å². The second kappa shape index (κ2) is 4.72. The third kappa shape index (κ3) is 2.51. The lowest BCUT2D eigenvalue weighted by atomic mass is 10.3. The maximum absolute atomic E-state index is 9.10. The van der Waals surface area contributed by atoms with Crippen LogP contribution in [0.4, 0.5) is 0 Å². The molecule has 4 heteroatoms. The molecular weight excluding hydrogens is 180 g/mol. The third-order valence-corrected chi connectivity index (χ3v) is 1.34. The summed E-state index contributed by atoms with van der Waals surface area (Å²) < 4.78 is 9.80. The first-order valence-corrected chi connectivity index (χ1v) is 3.18. The van der Waals surface area contributed by atoms with Crippen LogP contribution in [-0.2, 0) is 0 Å². The molecule has 3 nitrogen and oxygen atoms in total. The number of hydrogen-bond donors (Lipinski definition) is 1. The van der Waals surface area contributed by atoms with Gasteiger partial charge in [-0.15, -0.1) is 12.4 Å². The minimum absolute atomic E-state index is 0. The van der Waals surface area contributed by atoms with Gasteiger partial charge in [-0.25, -0.2) is 0 Å². The van der Waals surface area contributed by atoms with Crippen molar-refractivity contribution in [3.63, 3.8) is 0 Å². The fraction of sp³-hybridized carbons (Fsp3) is 0.250. The topological polar surface area (TPSA) is 38.7 Å². The van der Waals surface area contributed by atoms with Crippen LogP contribution >= 0.6 is 12.4 Å². The van der Waals surface area contributed by atoms with Crippen LogP contribution in [0, 0.1) is 0 Å². The zero-order chi connectivity index (χ0) is 8.27. The second-order valence-electron chi connectivity index (χ2n) is 2.07. The van der Waals surface area contributed by atoms with Crippen LogP contribution in [0.5, 0.6) is 17.2 Å². The van der Waals surface area contributed by atoms with Crippen LogP contribution in [0.15, 0.2) is 18.2 Å². The fourth-order valence-electron chi connectivity index (χ4n) is 0.792. The highest BCUT2D eigenvalue weighted by molar-refractivity contribution is 5.85. The summed E-state index contributed by atoms with van der Waals surface area (Å²) in [7, 11) is 3.07. The van der Waals surface area contributed by atoms with Crippen LogP contribution in [0.2, 0.25) is 0 Å². The Morgan fingerprint density at radius 2 is 1.42 bits per heavy atom. The molecule has 1 aromatic rings. The number of phenols is 1. The SMILES string of the molecule is COc1cc(O)cc(OC)c1.Cl. The number of halogens is 1. The Balaban J connectivity index is 0.00000121. The van der Waals surface area contributed by atoms with Crippen molar-refractivity contribution in [3.05, 3.63) is 18.2 Å². The Morgan fingerprint density at radius 1 is 1.00 bits per heavy atom. The van der Waals surface area contributed by atoms with Gasteiger partial charge in [-0.3, -0.25) is 0 Å². The standard InChI is InChI=1S/C8H10O3.ClH/c1-10-7-3-6(9)4-8(5-7)11-2;/h3-5,9H,1-2H3;1H. The maximum atomic E-state index is 9.10. The van der Waals surface area contributed by atoms with Crippen LogP contribution in [0.3, 0.4) is 0 Å². The summed E-state index contributed by atoms with van der Waals surface area (Å²) in [6, 6.07) is 4.73. The molecule has 0 aliphatic heterocycles. The van der Waals surface area contributed by atoms with Crippen LogP contribution < -0.4 is 9.47 Å². The van der Waals surface area contributed by atoms with Gasteiger partial charge in [0.25, 0.3) is 0 Å². The van der Waals surface area contributed by atoms with Crippen molar-refractivity contribution in [3.8, 4) is 17.2 Å². The molecule has 0 radical (unpaired) electrons. The smallest absolute Gasteiger partial charge is 0.126 e. The summed E-state index contributed by atoms with van der Waals surface area (Å²) in [5.74, 6) is 1.31. The third-order valence-electron chi connectivity index (χ3n) is 1.34. The van der Waals surface area contributed by atoms with E-state index < -0.39 is 0 Å². The normalized spacial score (nSPS) is 8.50. The van der Waals surface area contributed by atoms with Gasteiger partial charge in [0.15, 0.2) is 0 Å². The van der Waals surface area contributed by atoms with Crippen molar-refractivity contribution in [2.75, 3.05) is 14.2 Å². The summed E-state index contributed by atoms with van der Waals surface area (Å²) in [4.78, 5) is 0. The van der Waals surface area contributed by atoms with Crippen molar-refractivity contribution >= 4 is 12.4 Å². The molecule has 0 aromatic heterocycles. The lowest BCUT2D eigenvalue weighted by Gasteiger charge is -2.03. The van der Waals surface area contributed by atoms with Gasteiger partial charge in [0, 0.05) is 18.2 Å². The van der Waals surface area contributed by atoms with Crippen LogP contribution in [-0.4, -0.2) is 19.3 Å². The molecule has 0 saturated heterocycles. The zero-order valence-corrected chi connectivity index (χ0v) is 7.72. The Labute approximate surface area is 77.3 Å². The van der Waals surface area contributed by atoms with E-state index in [9.17, 15) is 0 Å². The highest BCUT2D eigenvalue weighted by atomic mass is 35.5. The summed E-state index contributed by atoms with van der Waals surface area (Å²) in [6.07, 6.45) is 0. The highest BCUT2D eigenvalue weighted by Crippen LogP contribution is 2.25. The number of benzene rings is 1. The first kappa shape index (κ1) is 10.9. The number of rotatable bonds is 2. The van der Waals surface area contributed by atoms with Gasteiger partial charge in [-0.05, 0) is 0 Å². The van der Waals surface area contributed by atoms with E-state index in [0.29, 0.717) is 11.5 Å². The fourth-order valence-corrected chi connectivity index (χ4v) is 0.792. The van der Waals surface area contributed by atoms with Crippen molar-refractivity contribution in [2.45, 2.75) is 0 Å². The molecule has 0 heterocycles. The molecule has 12 heavy (non-hydrogen) atoms. The zero-order valence-electron chi connectivity index (χ0n) is 6.90. The summed E-state index contributed by atoms with van der Waals surface area (Å²) in [5, 5.41) is 9.10. The number of methoxy groups -OCH3 is 2. The predicted octanol–water partition coefficient (Wildman–Crippen LogP) is 1.83. The van der Waals surface area contributed by atoms with Gasteiger partial charge in [0.1, 0.15) is 17.2 Å². The maximum Gasteiger partial charge on any atom is 0.126 e. The minimum atomic E-state index is 0. The quantitative estimate of drug-likeness (QED) is 0.774. The minimum Gasteiger partial charge on any atom is -0.508 e. The van der Waals surface area contributed by atoms with Crippen molar-refractivity contribution in [1.82, 2.24) is 0 Å². The molecule has 1 aromatic carbocycles. The molecule has 0 aliphatic rings. The van der Waals surface area contributed by atoms with E-state index in [0.717, 1.165) is 0 Å². The molecule has 68 valence electrons. The summed E-state index contributed by atoms with van der Waals surface area (Å²) >= 11 is 0. The summed E-state index contributed by atoms with van der Waals surface area (Å²) in [6.45, 7) is 0. The molecular formula is C8H11ClO3. The Hall–Kier alpha value is -1.09. The van der Waals surface area contributed by atoms with Crippen molar-refractivity contribution < 1.29 is 14.6 Å². The largest absolute Gasteiger partial charge is 0.508 e. The average molecular weight is 191 g/mol. The van der Waals surface area contributed by atoms with E-state index in [1.165, 1.54) is 26.4 Å². The monoisotopic (exact) mass is 190 g/mol. The molecule has 1 rings (SSSR count). The molecule has 1 N–H and O–H groups in total. The van der Waals surface area contributed by atoms with E-state index in [-0.39, 0.29) is 18.2 Å². The molecule has 0 aliphatic carbocycles. The van der Waals surface area contributed by atoms with E-state index in [1.54, 1.807) is 6.07 Å². The molecule has 0 amide bonds. The lowest BCUT2D eigenvalue weighted by Crippen LogP contribution is -1.85. The summed E-state index contributed by atoms with van der Waals surface area (Å²) in [5.41, 5.74) is 0. The van der Waals surface area contributed by atoms with Crippen LogP contribution in [0.25, 0.3) is 0 Å². The molecule has 0 fully saturated rings. The molecule has 0 spiro atoms. The predicted molar refractivity (Wildman–Crippen MR) is 48.5 cm³/mol. The molecule has 0 saturated carbocycles. The second-order valence-corrected chi connectivity index (χ2v) is 2.07. The van der Waals surface area contributed by atoms with E-state index in [4.69, 9.17) is 14.6 Å². The van der Waals surface area contributed by atoms with E-state index in [2.05, 4.69) is 0 Å². The van der Waals surface area contributed by atoms with E-state index >= 15 is 0 Å². The van der Waals surface area contributed by atoms with Gasteiger partial charge < -0.3 is 14.6 Å². The highest BCUT2D eigenvalue weighted by Gasteiger charge is 1.98. The Morgan fingerprint density at radius 3 is 1.75 bits per heavy atom. The average Bonchev–Trinajstić information content (AvgIpc) is 2.03. The lowest BCUT2D eigenvalue weighted by molar-refractivity contribution is 0.385. The first-order chi connectivity index (χ1) is 5.26. The van der Waals surface area contributed by atoms with E-state index in [1.807, 2.05) is 0 Å². The van der Waals surface area contributed by atoms with Gasteiger partial charge in [-0.2, -0.15) is 0 Å². The Kier molecular flexibility index (Phi) is 4.29. The van der Waals surface area contributed by atoms with Crippen LogP contribution in [0.1, 0.15) is 0 Å². The number of hydrogen-bond acceptors (Lipinski definition) is 3. The van der Waals surface area contributed by atoms with Gasteiger partial charge in [0.05, 0.1) is 14.2 Å². The van der Waals surface area contributed by atoms with Crippen molar-refractivity contribution in [2.24, 2.45) is 0 Å². The molecule has 0 atom stereocenters. The first-order valence-electron chi connectivity index (χ1n) is 3.18. The Bertz CT molecular complexity index is 228. The van der Waals surface area contributed by atoms with Gasteiger partial charge in [-0.1, -0.05) is 0 Å². The van der Waals surface area contributed by atoms with Crippen molar-refractivity contribution in [1.29, 1.82) is 0 Å². The molecule has 0 bridgehead atoms. The number of aromatic hydroxyl groups is 1. The van der Waals surface area contributed by atoms with Gasteiger partial charge >= 0.3 is 0 Å². The number of phenolic OH excluding ortho intramolecular Hbond substituents is 1.